The molecule has 0 saturated carbocycles. The molecule has 0 amide bonds. The Balaban J connectivity index is 2.35. The summed E-state index contributed by atoms with van der Waals surface area (Å²) in [5.41, 5.74) is -1.13. The molecule has 0 N–H and O–H groups in total. The Hall–Kier alpha value is -1.52. The van der Waals surface area contributed by atoms with Crippen molar-refractivity contribution in [3.05, 3.63) is 35.9 Å². The van der Waals surface area contributed by atoms with E-state index in [2.05, 4.69) is 0 Å². The fourth-order valence-electron chi connectivity index (χ4n) is 2.12. The molecule has 0 bridgehead atoms. The summed E-state index contributed by atoms with van der Waals surface area (Å²) in [6.45, 7) is 0. The maximum atomic E-state index is 12.6. The number of cyclic esters (lactones) is 1. The van der Waals surface area contributed by atoms with Crippen LogP contribution in [0.3, 0.4) is 0 Å². The summed E-state index contributed by atoms with van der Waals surface area (Å²) in [6, 6.07) is 8.11. The monoisotopic (exact) mass is 244 g/mol. The molecule has 1 fully saturated rings. The number of hydrogen-bond donors (Lipinski definition) is 0. The van der Waals surface area contributed by atoms with Gasteiger partial charge in [0.1, 0.15) is 5.60 Å². The van der Waals surface area contributed by atoms with E-state index in [0.29, 0.717) is 5.56 Å². The lowest BCUT2D eigenvalue weighted by atomic mass is 9.87. The highest BCUT2D eigenvalue weighted by atomic mass is 19.4. The molecule has 1 aromatic carbocycles. The summed E-state index contributed by atoms with van der Waals surface area (Å²) in [7, 11) is 0. The third-order valence-electron chi connectivity index (χ3n) is 2.83. The van der Waals surface area contributed by atoms with Crippen molar-refractivity contribution in [2.45, 2.75) is 31.0 Å². The van der Waals surface area contributed by atoms with Gasteiger partial charge in [-0.15, -0.1) is 0 Å². The maximum absolute atomic E-state index is 12.6. The molecule has 1 heterocycles. The van der Waals surface area contributed by atoms with Crippen molar-refractivity contribution in [3.63, 3.8) is 0 Å². The number of ether oxygens (including phenoxy) is 1. The zero-order chi connectivity index (χ0) is 12.5. The van der Waals surface area contributed by atoms with E-state index in [1.165, 1.54) is 0 Å². The van der Waals surface area contributed by atoms with Crippen LogP contribution in [-0.2, 0) is 15.1 Å². The van der Waals surface area contributed by atoms with Crippen LogP contribution in [0, 0.1) is 0 Å². The Morgan fingerprint density at radius 3 is 2.35 bits per heavy atom. The second kappa shape index (κ2) is 4.05. The van der Waals surface area contributed by atoms with Gasteiger partial charge < -0.3 is 4.74 Å². The molecule has 1 aliphatic heterocycles. The Bertz CT molecular complexity index is 414. The average Bonchev–Trinajstić information content (AvgIpc) is 2.60. The van der Waals surface area contributed by atoms with Crippen LogP contribution >= 0.6 is 0 Å². The molecule has 0 aromatic heterocycles. The standard InChI is InChI=1S/C12H11F3O2/c13-12(14,15)8-11(7-6-10(16)17-11)9-4-2-1-3-5-9/h1-5H,6-8H2/t11-/m0/s1. The number of esters is 1. The molecule has 2 rings (SSSR count). The van der Waals surface area contributed by atoms with E-state index in [4.69, 9.17) is 4.74 Å². The van der Waals surface area contributed by atoms with Crippen molar-refractivity contribution >= 4 is 5.97 Å². The fraction of sp³-hybridized carbons (Fsp3) is 0.417. The van der Waals surface area contributed by atoms with E-state index in [9.17, 15) is 18.0 Å². The van der Waals surface area contributed by atoms with Crippen molar-refractivity contribution in [2.24, 2.45) is 0 Å². The van der Waals surface area contributed by atoms with E-state index in [1.807, 2.05) is 0 Å². The summed E-state index contributed by atoms with van der Waals surface area (Å²) in [5, 5.41) is 0. The molecular formula is C12H11F3O2. The molecular weight excluding hydrogens is 233 g/mol. The molecule has 1 aromatic rings. The van der Waals surface area contributed by atoms with Gasteiger partial charge in [-0.1, -0.05) is 30.3 Å². The van der Waals surface area contributed by atoms with Gasteiger partial charge in [0.05, 0.1) is 6.42 Å². The molecule has 17 heavy (non-hydrogen) atoms. The van der Waals surface area contributed by atoms with Crippen LogP contribution < -0.4 is 0 Å². The lowest BCUT2D eigenvalue weighted by Gasteiger charge is -2.29. The van der Waals surface area contributed by atoms with Gasteiger partial charge in [-0.2, -0.15) is 13.2 Å². The van der Waals surface area contributed by atoms with Crippen LogP contribution in [0.15, 0.2) is 30.3 Å². The lowest BCUT2D eigenvalue weighted by Crippen LogP contribution is -2.32. The molecule has 1 aliphatic rings. The van der Waals surface area contributed by atoms with Crippen LogP contribution in [0.4, 0.5) is 13.2 Å². The largest absolute Gasteiger partial charge is 0.454 e. The van der Waals surface area contributed by atoms with Crippen LogP contribution in [0.2, 0.25) is 0 Å². The lowest BCUT2D eigenvalue weighted by molar-refractivity contribution is -0.187. The topological polar surface area (TPSA) is 26.3 Å². The number of rotatable bonds is 2. The van der Waals surface area contributed by atoms with Crippen molar-refractivity contribution in [2.75, 3.05) is 0 Å². The first-order valence-corrected chi connectivity index (χ1v) is 5.25. The third-order valence-corrected chi connectivity index (χ3v) is 2.83. The van der Waals surface area contributed by atoms with Crippen molar-refractivity contribution < 1.29 is 22.7 Å². The van der Waals surface area contributed by atoms with Crippen molar-refractivity contribution in [1.29, 1.82) is 0 Å². The third kappa shape index (κ3) is 2.60. The second-order valence-corrected chi connectivity index (χ2v) is 4.13. The first kappa shape index (κ1) is 12.0. The normalized spacial score (nSPS) is 24.8. The average molecular weight is 244 g/mol. The number of alkyl halides is 3. The zero-order valence-corrected chi connectivity index (χ0v) is 8.96. The molecule has 1 atom stereocenters. The van der Waals surface area contributed by atoms with E-state index >= 15 is 0 Å². The first-order valence-electron chi connectivity index (χ1n) is 5.25. The number of carbonyl (C=O) groups is 1. The molecule has 0 aliphatic carbocycles. The van der Waals surface area contributed by atoms with Gasteiger partial charge in [-0.05, 0) is 5.56 Å². The summed E-state index contributed by atoms with van der Waals surface area (Å²) in [6.07, 6.45) is -5.38. The maximum Gasteiger partial charge on any atom is 0.393 e. The van der Waals surface area contributed by atoms with Crippen LogP contribution in [-0.4, -0.2) is 12.1 Å². The predicted octanol–water partition coefficient (Wildman–Crippen LogP) is 3.17. The van der Waals surface area contributed by atoms with Gasteiger partial charge in [0, 0.05) is 12.8 Å². The van der Waals surface area contributed by atoms with Crippen LogP contribution in [0.5, 0.6) is 0 Å². The molecule has 1 saturated heterocycles. The number of hydrogen-bond acceptors (Lipinski definition) is 2. The summed E-state index contributed by atoms with van der Waals surface area (Å²) in [4.78, 5) is 11.1. The smallest absolute Gasteiger partial charge is 0.393 e. The Kier molecular flexibility index (Phi) is 2.85. The van der Waals surface area contributed by atoms with Crippen molar-refractivity contribution in [1.82, 2.24) is 0 Å². The minimum atomic E-state index is -4.36. The highest BCUT2D eigenvalue weighted by Gasteiger charge is 2.49. The fourth-order valence-corrected chi connectivity index (χ4v) is 2.12. The van der Waals surface area contributed by atoms with Gasteiger partial charge >= 0.3 is 12.1 Å². The van der Waals surface area contributed by atoms with Gasteiger partial charge in [-0.3, -0.25) is 4.79 Å². The number of benzene rings is 1. The van der Waals surface area contributed by atoms with Crippen LogP contribution in [0.1, 0.15) is 24.8 Å². The van der Waals surface area contributed by atoms with Crippen molar-refractivity contribution in [3.8, 4) is 0 Å². The predicted molar refractivity (Wildman–Crippen MR) is 54.1 cm³/mol. The zero-order valence-electron chi connectivity index (χ0n) is 8.96. The van der Waals surface area contributed by atoms with E-state index in [0.717, 1.165) is 0 Å². The summed E-state index contributed by atoms with van der Waals surface area (Å²) < 4.78 is 42.7. The van der Waals surface area contributed by atoms with Gasteiger partial charge in [0.25, 0.3) is 0 Å². The molecule has 92 valence electrons. The van der Waals surface area contributed by atoms with Crippen LogP contribution in [0.25, 0.3) is 0 Å². The molecule has 0 radical (unpaired) electrons. The highest BCUT2D eigenvalue weighted by Crippen LogP contribution is 2.44. The molecule has 0 unspecified atom stereocenters. The highest BCUT2D eigenvalue weighted by molar-refractivity contribution is 5.72. The van der Waals surface area contributed by atoms with E-state index < -0.39 is 24.2 Å². The number of halogens is 3. The minimum absolute atomic E-state index is 0.0327. The SMILES string of the molecule is O=C1CC[C@](CC(F)(F)F)(c2ccccc2)O1. The molecule has 2 nitrogen and oxygen atoms in total. The van der Waals surface area contributed by atoms with Gasteiger partial charge in [-0.25, -0.2) is 0 Å². The van der Waals surface area contributed by atoms with E-state index in [-0.39, 0.29) is 12.8 Å². The Morgan fingerprint density at radius 2 is 1.88 bits per heavy atom. The Morgan fingerprint density at radius 1 is 1.24 bits per heavy atom. The Labute approximate surface area is 96.4 Å². The number of carbonyl (C=O) groups excluding carboxylic acids is 1. The second-order valence-electron chi connectivity index (χ2n) is 4.13. The van der Waals surface area contributed by atoms with E-state index in [1.54, 1.807) is 30.3 Å². The molecule has 0 spiro atoms. The summed E-state index contributed by atoms with van der Waals surface area (Å²) in [5.74, 6) is -0.571. The van der Waals surface area contributed by atoms with Gasteiger partial charge in [0.2, 0.25) is 0 Å². The van der Waals surface area contributed by atoms with Gasteiger partial charge in [0.15, 0.2) is 0 Å². The minimum Gasteiger partial charge on any atom is -0.454 e. The first-order chi connectivity index (χ1) is 7.91. The summed E-state index contributed by atoms with van der Waals surface area (Å²) >= 11 is 0. The molecule has 5 heteroatoms. The quantitative estimate of drug-likeness (QED) is 0.747.